The Balaban J connectivity index is 2.64. The van der Waals surface area contributed by atoms with E-state index in [1.165, 1.54) is 6.92 Å². The maximum Gasteiger partial charge on any atom is 0.299 e. The van der Waals surface area contributed by atoms with Crippen LogP contribution in [0.15, 0.2) is 33.2 Å². The number of nitro benzene ring substituents is 1. The number of aromatic hydroxyl groups is 1. The molecule has 2 rings (SSSR count). The highest BCUT2D eigenvalue weighted by atomic mass is 19.1. The molecule has 11 heteroatoms. The Kier molecular flexibility index (Phi) is 8.16. The van der Waals surface area contributed by atoms with Crippen molar-refractivity contribution in [1.29, 1.82) is 0 Å². The average molecular weight is 447 g/mol. The smallest absolute Gasteiger partial charge is 0.299 e. The molecule has 32 heavy (non-hydrogen) atoms. The minimum Gasteiger partial charge on any atom is -0.493 e. The number of hydrogen-bond acceptors (Lipinski definition) is 7. The van der Waals surface area contributed by atoms with Crippen molar-refractivity contribution in [3.63, 3.8) is 0 Å². The van der Waals surface area contributed by atoms with Gasteiger partial charge in [0, 0.05) is 12.1 Å². The number of pyridine rings is 1. The van der Waals surface area contributed by atoms with Crippen molar-refractivity contribution in [2.45, 2.75) is 53.0 Å². The van der Waals surface area contributed by atoms with Crippen LogP contribution in [0.4, 0.5) is 21.5 Å². The number of aromatic nitrogens is 1. The van der Waals surface area contributed by atoms with Gasteiger partial charge in [-0.2, -0.15) is 0 Å². The SMILES string of the molecule is CCCCC(CC)Cn1c(O)c(/N=N/c2ccc(F)cc2[N+](=O)[O-])c(C)c(C(N)=O)c1=O. The number of rotatable bonds is 10. The van der Waals surface area contributed by atoms with Crippen molar-refractivity contribution >= 4 is 23.0 Å². The Morgan fingerprint density at radius 2 is 2.03 bits per heavy atom. The van der Waals surface area contributed by atoms with Crippen LogP contribution >= 0.6 is 0 Å². The highest BCUT2D eigenvalue weighted by Gasteiger charge is 2.24. The number of primary amides is 1. The molecule has 10 nitrogen and oxygen atoms in total. The number of carbonyl (C=O) groups excluding carboxylic acids is 1. The number of nitrogens with two attached hydrogens (primary N) is 1. The van der Waals surface area contributed by atoms with Gasteiger partial charge in [-0.1, -0.05) is 33.1 Å². The molecule has 0 fully saturated rings. The molecule has 0 spiro atoms. The zero-order valence-corrected chi connectivity index (χ0v) is 18.2. The molecule has 0 aliphatic heterocycles. The normalized spacial score (nSPS) is 12.2. The summed E-state index contributed by atoms with van der Waals surface area (Å²) in [6.07, 6.45) is 3.46. The topological polar surface area (TPSA) is 153 Å². The number of hydrogen-bond donors (Lipinski definition) is 2. The van der Waals surface area contributed by atoms with Crippen molar-refractivity contribution in [3.8, 4) is 5.88 Å². The van der Waals surface area contributed by atoms with Crippen LogP contribution in [0.1, 0.15) is 55.5 Å². The van der Waals surface area contributed by atoms with E-state index in [-0.39, 0.29) is 35.0 Å². The van der Waals surface area contributed by atoms with E-state index in [2.05, 4.69) is 10.2 Å². The summed E-state index contributed by atoms with van der Waals surface area (Å²) in [5, 5.41) is 29.6. The molecule has 1 unspecified atom stereocenters. The molecule has 172 valence electrons. The third-order valence-corrected chi connectivity index (χ3v) is 5.28. The van der Waals surface area contributed by atoms with Gasteiger partial charge in [0.05, 0.1) is 11.0 Å². The molecule has 0 saturated carbocycles. The van der Waals surface area contributed by atoms with Gasteiger partial charge in [-0.3, -0.25) is 24.3 Å². The molecule has 1 atom stereocenters. The standard InChI is InChI=1S/C21H26FN5O5/c1-4-6-7-13(5-2)11-26-20(29)17(19(23)28)12(3)18(21(26)30)25-24-15-9-8-14(22)10-16(15)27(31)32/h8-10,13,30H,4-7,11H2,1-3H3,(H2,23,28)/b25-24+. The van der Waals surface area contributed by atoms with Gasteiger partial charge in [0.2, 0.25) is 5.88 Å². The molecule has 0 saturated heterocycles. The van der Waals surface area contributed by atoms with Gasteiger partial charge in [-0.25, -0.2) is 4.39 Å². The molecule has 1 aromatic heterocycles. The summed E-state index contributed by atoms with van der Waals surface area (Å²) < 4.78 is 14.4. The van der Waals surface area contributed by atoms with E-state index in [1.807, 2.05) is 13.8 Å². The van der Waals surface area contributed by atoms with Crippen LogP contribution in [0.5, 0.6) is 5.88 Å². The second-order valence-corrected chi connectivity index (χ2v) is 7.46. The fourth-order valence-corrected chi connectivity index (χ4v) is 3.39. The molecule has 1 heterocycles. The van der Waals surface area contributed by atoms with Gasteiger partial charge in [0.15, 0.2) is 5.69 Å². The second-order valence-electron chi connectivity index (χ2n) is 7.46. The molecule has 1 aromatic carbocycles. The molecule has 3 N–H and O–H groups in total. The second kappa shape index (κ2) is 10.6. The van der Waals surface area contributed by atoms with E-state index in [4.69, 9.17) is 5.73 Å². The summed E-state index contributed by atoms with van der Waals surface area (Å²) in [5.41, 5.74) is 3.19. The number of nitrogens with zero attached hydrogens (tertiary/aromatic N) is 4. The predicted octanol–water partition coefficient (Wildman–Crippen LogP) is 4.64. The number of carbonyl (C=O) groups is 1. The highest BCUT2D eigenvalue weighted by molar-refractivity contribution is 5.95. The number of halogens is 1. The zero-order valence-electron chi connectivity index (χ0n) is 18.2. The van der Waals surface area contributed by atoms with E-state index < -0.39 is 33.8 Å². The Morgan fingerprint density at radius 3 is 2.59 bits per heavy atom. The van der Waals surface area contributed by atoms with Crippen LogP contribution in [0.3, 0.4) is 0 Å². The molecular formula is C21H26FN5O5. The molecule has 1 amide bonds. The lowest BCUT2D eigenvalue weighted by Crippen LogP contribution is -2.32. The molecule has 0 aliphatic carbocycles. The highest BCUT2D eigenvalue weighted by Crippen LogP contribution is 2.35. The van der Waals surface area contributed by atoms with E-state index in [1.54, 1.807) is 0 Å². The monoisotopic (exact) mass is 447 g/mol. The Morgan fingerprint density at radius 1 is 1.34 bits per heavy atom. The van der Waals surface area contributed by atoms with Crippen LogP contribution in [-0.4, -0.2) is 20.5 Å². The van der Waals surface area contributed by atoms with Crippen molar-refractivity contribution in [2.75, 3.05) is 0 Å². The number of azo groups is 1. The first-order chi connectivity index (χ1) is 15.1. The van der Waals surface area contributed by atoms with Gasteiger partial charge in [0.1, 0.15) is 17.1 Å². The minimum atomic E-state index is -0.993. The Hall–Kier alpha value is -3.63. The number of amides is 1. The zero-order chi connectivity index (χ0) is 24.0. The fourth-order valence-electron chi connectivity index (χ4n) is 3.39. The molecule has 0 bridgehead atoms. The van der Waals surface area contributed by atoms with E-state index in [9.17, 15) is 29.2 Å². The van der Waals surface area contributed by atoms with Crippen LogP contribution in [0, 0.1) is 28.8 Å². The predicted molar refractivity (Wildman–Crippen MR) is 116 cm³/mol. The van der Waals surface area contributed by atoms with Gasteiger partial charge < -0.3 is 10.8 Å². The first-order valence-corrected chi connectivity index (χ1v) is 10.2. The summed E-state index contributed by atoms with van der Waals surface area (Å²) in [6.45, 7) is 5.51. The quantitative estimate of drug-likeness (QED) is 0.308. The van der Waals surface area contributed by atoms with Crippen LogP contribution in [-0.2, 0) is 6.54 Å². The van der Waals surface area contributed by atoms with Crippen molar-refractivity contribution in [3.05, 3.63) is 55.6 Å². The van der Waals surface area contributed by atoms with E-state index >= 15 is 0 Å². The summed E-state index contributed by atoms with van der Waals surface area (Å²) in [7, 11) is 0. The summed E-state index contributed by atoms with van der Waals surface area (Å²) in [6, 6.07) is 2.73. The fraction of sp³-hybridized carbons (Fsp3) is 0.429. The maximum atomic E-state index is 13.4. The lowest BCUT2D eigenvalue weighted by molar-refractivity contribution is -0.384. The van der Waals surface area contributed by atoms with Gasteiger partial charge in [-0.15, -0.1) is 10.2 Å². The third-order valence-electron chi connectivity index (χ3n) is 5.28. The van der Waals surface area contributed by atoms with Crippen LogP contribution in [0.2, 0.25) is 0 Å². The van der Waals surface area contributed by atoms with E-state index in [0.717, 1.165) is 42.4 Å². The minimum absolute atomic E-state index is 0.00799. The summed E-state index contributed by atoms with van der Waals surface area (Å²) in [4.78, 5) is 35.2. The van der Waals surface area contributed by atoms with E-state index in [0.29, 0.717) is 6.07 Å². The van der Waals surface area contributed by atoms with Crippen molar-refractivity contribution in [2.24, 2.45) is 21.9 Å². The van der Waals surface area contributed by atoms with Gasteiger partial charge in [0.25, 0.3) is 17.2 Å². The number of benzene rings is 1. The Bertz CT molecular complexity index is 1110. The van der Waals surface area contributed by atoms with Gasteiger partial charge >= 0.3 is 0 Å². The first-order valence-electron chi connectivity index (χ1n) is 10.2. The maximum absolute atomic E-state index is 13.4. The first kappa shape index (κ1) is 24.6. The van der Waals surface area contributed by atoms with Crippen LogP contribution < -0.4 is 11.3 Å². The van der Waals surface area contributed by atoms with Crippen molar-refractivity contribution < 1.29 is 19.2 Å². The molecule has 2 aromatic rings. The molecular weight excluding hydrogens is 421 g/mol. The number of nitro groups is 1. The lowest BCUT2D eigenvalue weighted by atomic mass is 9.98. The molecule has 0 aliphatic rings. The number of unbranched alkanes of at least 4 members (excludes halogenated alkanes) is 1. The van der Waals surface area contributed by atoms with Gasteiger partial charge in [-0.05, 0) is 31.4 Å². The third kappa shape index (κ3) is 5.34. The average Bonchev–Trinajstić information content (AvgIpc) is 2.73. The summed E-state index contributed by atoms with van der Waals surface area (Å²) in [5.74, 6) is -2.28. The lowest BCUT2D eigenvalue weighted by Gasteiger charge is -2.19. The van der Waals surface area contributed by atoms with Crippen molar-refractivity contribution in [1.82, 2.24) is 4.57 Å². The molecule has 0 radical (unpaired) electrons. The Labute approximate surface area is 183 Å². The van der Waals surface area contributed by atoms with Crippen LogP contribution in [0.25, 0.3) is 0 Å². The largest absolute Gasteiger partial charge is 0.493 e. The summed E-state index contributed by atoms with van der Waals surface area (Å²) >= 11 is 0.